The molecule has 0 spiro atoms. The molecule has 2 rings (SSSR count). The van der Waals surface area contributed by atoms with E-state index in [1.165, 1.54) is 31.4 Å². The van der Waals surface area contributed by atoms with E-state index in [2.05, 4.69) is 29.4 Å². The summed E-state index contributed by atoms with van der Waals surface area (Å²) in [7, 11) is 0. The normalized spacial score (nSPS) is 18.6. The number of rotatable bonds is 4. The first-order valence-electron chi connectivity index (χ1n) is 5.95. The Morgan fingerprint density at radius 3 is 2.67 bits per heavy atom. The Bertz CT molecular complexity index is 306. The van der Waals surface area contributed by atoms with Crippen molar-refractivity contribution in [3.8, 4) is 0 Å². The molecule has 1 aromatic heterocycles. The number of aromatic amines is 1. The largest absolute Gasteiger partial charge is 0.380 e. The number of hydrogen-bond acceptors (Lipinski definition) is 2. The van der Waals surface area contributed by atoms with Crippen LogP contribution in [0.4, 0.5) is 5.69 Å². The summed E-state index contributed by atoms with van der Waals surface area (Å²) in [4.78, 5) is 0. The molecule has 84 valence electrons. The van der Waals surface area contributed by atoms with Gasteiger partial charge in [0.05, 0.1) is 17.1 Å². The van der Waals surface area contributed by atoms with E-state index in [0.29, 0.717) is 6.04 Å². The van der Waals surface area contributed by atoms with Crippen LogP contribution in [0.2, 0.25) is 0 Å². The second-order valence-corrected chi connectivity index (χ2v) is 4.89. The Hall–Kier alpha value is -0.990. The molecular formula is C12H21N3. The molecule has 1 atom stereocenters. The van der Waals surface area contributed by atoms with E-state index in [9.17, 15) is 0 Å². The third-order valence-electron chi connectivity index (χ3n) is 3.43. The zero-order valence-corrected chi connectivity index (χ0v) is 9.93. The highest BCUT2D eigenvalue weighted by molar-refractivity contribution is 5.51. The fourth-order valence-corrected chi connectivity index (χ4v) is 2.30. The summed E-state index contributed by atoms with van der Waals surface area (Å²) in [6.45, 7) is 6.38. The molecule has 0 radical (unpaired) electrons. The summed E-state index contributed by atoms with van der Waals surface area (Å²) in [5.74, 6) is 0.958. The van der Waals surface area contributed by atoms with Crippen molar-refractivity contribution in [2.45, 2.75) is 52.5 Å². The lowest BCUT2D eigenvalue weighted by Crippen LogP contribution is -2.23. The predicted octanol–water partition coefficient (Wildman–Crippen LogP) is 3.02. The van der Waals surface area contributed by atoms with Crippen LogP contribution in [0.15, 0.2) is 0 Å². The van der Waals surface area contributed by atoms with Crippen LogP contribution in [0.1, 0.15) is 44.0 Å². The first-order valence-corrected chi connectivity index (χ1v) is 5.95. The van der Waals surface area contributed by atoms with E-state index in [0.717, 1.165) is 17.3 Å². The number of nitrogens with zero attached hydrogens (tertiary/aromatic N) is 1. The van der Waals surface area contributed by atoms with Gasteiger partial charge in [0.25, 0.3) is 0 Å². The van der Waals surface area contributed by atoms with E-state index in [-0.39, 0.29) is 0 Å². The van der Waals surface area contributed by atoms with Gasteiger partial charge in [-0.3, -0.25) is 5.10 Å². The molecule has 0 amide bonds. The summed E-state index contributed by atoms with van der Waals surface area (Å²) in [6, 6.07) is 0.560. The Labute approximate surface area is 91.7 Å². The van der Waals surface area contributed by atoms with Crippen LogP contribution in [0.25, 0.3) is 0 Å². The topological polar surface area (TPSA) is 40.7 Å². The van der Waals surface area contributed by atoms with Gasteiger partial charge in [-0.05, 0) is 33.1 Å². The number of aryl methyl sites for hydroxylation is 2. The van der Waals surface area contributed by atoms with Gasteiger partial charge in [0.15, 0.2) is 0 Å². The highest BCUT2D eigenvalue weighted by Gasteiger charge is 2.20. The number of anilines is 1. The summed E-state index contributed by atoms with van der Waals surface area (Å²) >= 11 is 0. The summed E-state index contributed by atoms with van der Waals surface area (Å²) in [5, 5.41) is 10.8. The van der Waals surface area contributed by atoms with Crippen LogP contribution in [-0.4, -0.2) is 16.2 Å². The fourth-order valence-electron chi connectivity index (χ4n) is 2.30. The van der Waals surface area contributed by atoms with Crippen molar-refractivity contribution in [1.82, 2.24) is 10.2 Å². The molecule has 1 heterocycles. The Balaban J connectivity index is 1.89. The second-order valence-electron chi connectivity index (χ2n) is 4.89. The average Bonchev–Trinajstić information content (AvgIpc) is 2.43. The van der Waals surface area contributed by atoms with Gasteiger partial charge in [-0.15, -0.1) is 0 Å². The molecule has 0 bridgehead atoms. The molecule has 1 saturated carbocycles. The van der Waals surface area contributed by atoms with Crippen LogP contribution >= 0.6 is 0 Å². The number of aromatic nitrogens is 2. The number of H-pyrrole nitrogens is 1. The van der Waals surface area contributed by atoms with E-state index < -0.39 is 0 Å². The lowest BCUT2D eigenvalue weighted by Gasteiger charge is -2.28. The molecule has 1 aliphatic carbocycles. The molecular weight excluding hydrogens is 186 g/mol. The van der Waals surface area contributed by atoms with E-state index in [1.807, 2.05) is 6.92 Å². The Kier molecular flexibility index (Phi) is 2.98. The van der Waals surface area contributed by atoms with Crippen LogP contribution < -0.4 is 5.32 Å². The first kappa shape index (κ1) is 10.5. The maximum absolute atomic E-state index is 4.20. The molecule has 15 heavy (non-hydrogen) atoms. The highest BCUT2D eigenvalue weighted by atomic mass is 15.2. The molecule has 2 N–H and O–H groups in total. The van der Waals surface area contributed by atoms with Crippen molar-refractivity contribution in [3.05, 3.63) is 11.4 Å². The Morgan fingerprint density at radius 1 is 1.47 bits per heavy atom. The minimum absolute atomic E-state index is 0.560. The molecule has 3 heteroatoms. The minimum Gasteiger partial charge on any atom is -0.380 e. The quantitative estimate of drug-likeness (QED) is 0.796. The number of nitrogens with one attached hydrogen (secondary N) is 2. The first-order chi connectivity index (χ1) is 7.16. The smallest absolute Gasteiger partial charge is 0.0825 e. The van der Waals surface area contributed by atoms with Gasteiger partial charge < -0.3 is 5.32 Å². The number of hydrogen-bond donors (Lipinski definition) is 2. The van der Waals surface area contributed by atoms with E-state index in [1.54, 1.807) is 0 Å². The van der Waals surface area contributed by atoms with Gasteiger partial charge in [-0.2, -0.15) is 5.10 Å². The maximum Gasteiger partial charge on any atom is 0.0825 e. The lowest BCUT2D eigenvalue weighted by molar-refractivity contribution is 0.286. The minimum atomic E-state index is 0.560. The average molecular weight is 207 g/mol. The van der Waals surface area contributed by atoms with Gasteiger partial charge in [-0.1, -0.05) is 19.3 Å². The van der Waals surface area contributed by atoms with Gasteiger partial charge in [0, 0.05) is 6.04 Å². The Morgan fingerprint density at radius 2 is 2.20 bits per heavy atom. The monoisotopic (exact) mass is 207 g/mol. The molecule has 0 aromatic carbocycles. The predicted molar refractivity (Wildman–Crippen MR) is 63.1 cm³/mol. The standard InChI is InChI=1S/C12H21N3/c1-8(7-11-5-4-6-11)13-12-9(2)14-15-10(12)3/h8,11,13H,4-7H2,1-3H3,(H,14,15). The van der Waals surface area contributed by atoms with Crippen LogP contribution in [0, 0.1) is 19.8 Å². The fraction of sp³-hybridized carbons (Fsp3) is 0.750. The molecule has 0 saturated heterocycles. The molecule has 0 aliphatic heterocycles. The third-order valence-corrected chi connectivity index (χ3v) is 3.43. The van der Waals surface area contributed by atoms with Gasteiger partial charge in [0.2, 0.25) is 0 Å². The lowest BCUT2D eigenvalue weighted by atomic mass is 9.81. The molecule has 1 aliphatic rings. The van der Waals surface area contributed by atoms with Crippen molar-refractivity contribution < 1.29 is 0 Å². The van der Waals surface area contributed by atoms with Crippen LogP contribution in [0.5, 0.6) is 0 Å². The van der Waals surface area contributed by atoms with E-state index in [4.69, 9.17) is 0 Å². The van der Waals surface area contributed by atoms with Gasteiger partial charge in [-0.25, -0.2) is 0 Å². The van der Waals surface area contributed by atoms with Crippen LogP contribution in [-0.2, 0) is 0 Å². The maximum atomic E-state index is 4.20. The van der Waals surface area contributed by atoms with Crippen molar-refractivity contribution in [2.75, 3.05) is 5.32 Å². The van der Waals surface area contributed by atoms with Crippen molar-refractivity contribution in [2.24, 2.45) is 5.92 Å². The van der Waals surface area contributed by atoms with Crippen molar-refractivity contribution >= 4 is 5.69 Å². The SMILES string of the molecule is Cc1n[nH]c(C)c1NC(C)CC1CCC1. The van der Waals surface area contributed by atoms with Crippen molar-refractivity contribution in [3.63, 3.8) is 0 Å². The van der Waals surface area contributed by atoms with Gasteiger partial charge in [0.1, 0.15) is 0 Å². The van der Waals surface area contributed by atoms with E-state index >= 15 is 0 Å². The third kappa shape index (κ3) is 2.33. The van der Waals surface area contributed by atoms with Crippen molar-refractivity contribution in [1.29, 1.82) is 0 Å². The van der Waals surface area contributed by atoms with Crippen LogP contribution in [0.3, 0.4) is 0 Å². The van der Waals surface area contributed by atoms with Gasteiger partial charge >= 0.3 is 0 Å². The molecule has 1 unspecified atom stereocenters. The molecule has 1 fully saturated rings. The zero-order chi connectivity index (χ0) is 10.8. The highest BCUT2D eigenvalue weighted by Crippen LogP contribution is 2.31. The summed E-state index contributed by atoms with van der Waals surface area (Å²) in [6.07, 6.45) is 5.58. The zero-order valence-electron chi connectivity index (χ0n) is 9.93. The molecule has 1 aromatic rings. The molecule has 3 nitrogen and oxygen atoms in total. The summed E-state index contributed by atoms with van der Waals surface area (Å²) < 4.78 is 0. The summed E-state index contributed by atoms with van der Waals surface area (Å²) in [5.41, 5.74) is 3.42. The second kappa shape index (κ2) is 4.25.